The van der Waals surface area contributed by atoms with Gasteiger partial charge < -0.3 is 31.2 Å². The average molecular weight is 713 g/mol. The van der Waals surface area contributed by atoms with Crippen molar-refractivity contribution < 1.29 is 32.2 Å². The molecule has 0 spiro atoms. The third kappa shape index (κ3) is 8.86. The molecule has 52 heavy (non-hydrogen) atoms. The van der Waals surface area contributed by atoms with Gasteiger partial charge in [0.15, 0.2) is 0 Å². The number of amides is 2. The quantitative estimate of drug-likeness (QED) is 0.139. The molecule has 3 aromatic carbocycles. The van der Waals surface area contributed by atoms with Gasteiger partial charge in [0.2, 0.25) is 5.91 Å². The van der Waals surface area contributed by atoms with Crippen molar-refractivity contribution in [3.63, 3.8) is 0 Å². The van der Waals surface area contributed by atoms with E-state index in [0.717, 1.165) is 16.5 Å². The van der Waals surface area contributed by atoms with Crippen LogP contribution in [0, 0.1) is 11.6 Å². The predicted molar refractivity (Wildman–Crippen MR) is 191 cm³/mol. The number of benzene rings is 3. The Morgan fingerprint density at radius 1 is 1.04 bits per heavy atom. The van der Waals surface area contributed by atoms with E-state index in [9.17, 15) is 18.4 Å². The first-order chi connectivity index (χ1) is 25.2. The molecule has 0 unspecified atom stereocenters. The Bertz CT molecular complexity index is 2010. The van der Waals surface area contributed by atoms with E-state index in [1.165, 1.54) is 35.4 Å². The fraction of sp³-hybridized carbons (Fsp3) is 0.256. The maximum absolute atomic E-state index is 15.6. The number of carbonyl (C=O) groups excluding carboxylic acids is 2. The highest BCUT2D eigenvalue weighted by Gasteiger charge is 2.31. The van der Waals surface area contributed by atoms with E-state index in [1.54, 1.807) is 18.2 Å². The highest BCUT2D eigenvalue weighted by Crippen LogP contribution is 2.35. The molecule has 0 radical (unpaired) electrons. The summed E-state index contributed by atoms with van der Waals surface area (Å²) in [7, 11) is 0. The Kier molecular flexibility index (Phi) is 11.6. The minimum absolute atomic E-state index is 0.0862. The van der Waals surface area contributed by atoms with Crippen molar-refractivity contribution in [1.29, 1.82) is 0 Å². The summed E-state index contributed by atoms with van der Waals surface area (Å²) in [5.74, 6) is -1.85. The molecular formula is C39H39F3N6O4. The average Bonchev–Trinajstić information content (AvgIpc) is 3.15. The third-order valence-corrected chi connectivity index (χ3v) is 8.88. The largest absolute Gasteiger partial charge is 0.414 e. The maximum atomic E-state index is 15.6. The number of ether oxygens (including phenoxy) is 2. The number of nitrogens with one attached hydrogen (secondary N) is 3. The molecule has 1 aromatic heterocycles. The SMILES string of the molecule is C=C(OC(=O)NCc1ccc2ccccc2n1)[C@@H]1CO[C@H](CCC2=C(F)CNC=C2N(C(=O)CN)c2cc(F)ccc2Cc2ccc(F)cc2)CN1. The standard InChI is InChI=1S/C39H39F3N6O4/c1-24(52-39(50)46-19-30-13-9-26-4-2-3-5-34(26)47-30)35-23-51-31(20-45-35)14-15-32-33(42)21-44-22-37(32)48(38(49)18-43)36-17-29(41)12-8-27(36)16-25-6-10-28(40)11-7-25/h2-13,17,22,31,35,44-45H,1,14-16,18-21,23,43H2,(H,46,50)/t31-,35+/m1/s1. The number of halogens is 3. The fourth-order valence-corrected chi connectivity index (χ4v) is 6.16. The lowest BCUT2D eigenvalue weighted by Gasteiger charge is -2.33. The summed E-state index contributed by atoms with van der Waals surface area (Å²) in [6.45, 7) is 4.08. The lowest BCUT2D eigenvalue weighted by atomic mass is 9.97. The summed E-state index contributed by atoms with van der Waals surface area (Å²) in [4.78, 5) is 31.7. The van der Waals surface area contributed by atoms with Crippen LogP contribution in [0.5, 0.6) is 0 Å². The maximum Gasteiger partial charge on any atom is 0.412 e. The Morgan fingerprint density at radius 2 is 1.83 bits per heavy atom. The van der Waals surface area contributed by atoms with Crippen LogP contribution >= 0.6 is 0 Å². The number of dihydropyridines is 1. The molecule has 2 aliphatic rings. The Labute approximate surface area is 299 Å². The molecule has 6 rings (SSSR count). The number of morpholine rings is 1. The number of fused-ring (bicyclic) bond motifs is 1. The number of alkyl carbamates (subject to hydrolysis) is 1. The summed E-state index contributed by atoms with van der Waals surface area (Å²) in [5.41, 5.74) is 9.29. The second-order valence-electron chi connectivity index (χ2n) is 12.5. The number of pyridine rings is 1. The van der Waals surface area contributed by atoms with E-state index < -0.39 is 42.0 Å². The van der Waals surface area contributed by atoms with Crippen LogP contribution in [-0.4, -0.2) is 55.4 Å². The first-order valence-corrected chi connectivity index (χ1v) is 16.9. The molecule has 1 fully saturated rings. The summed E-state index contributed by atoms with van der Waals surface area (Å²) < 4.78 is 55.3. The van der Waals surface area contributed by atoms with Crippen molar-refractivity contribution in [3.05, 3.63) is 143 Å². The second-order valence-corrected chi connectivity index (χ2v) is 12.5. The highest BCUT2D eigenvalue weighted by molar-refractivity contribution is 5.99. The molecule has 0 saturated carbocycles. The van der Waals surface area contributed by atoms with Crippen molar-refractivity contribution in [1.82, 2.24) is 20.9 Å². The Morgan fingerprint density at radius 3 is 2.60 bits per heavy atom. The molecule has 2 atom stereocenters. The molecule has 0 aliphatic carbocycles. The molecule has 3 heterocycles. The van der Waals surface area contributed by atoms with E-state index in [0.29, 0.717) is 24.2 Å². The van der Waals surface area contributed by atoms with Crippen LogP contribution in [0.2, 0.25) is 0 Å². The summed E-state index contributed by atoms with van der Waals surface area (Å²) >= 11 is 0. The smallest absolute Gasteiger partial charge is 0.412 e. The minimum atomic E-state index is -0.674. The molecule has 1 saturated heterocycles. The van der Waals surface area contributed by atoms with Gasteiger partial charge >= 0.3 is 6.09 Å². The normalized spacial score (nSPS) is 17.3. The van der Waals surface area contributed by atoms with Crippen molar-refractivity contribution in [2.45, 2.75) is 38.0 Å². The highest BCUT2D eigenvalue weighted by atomic mass is 19.1. The van der Waals surface area contributed by atoms with Gasteiger partial charge in [-0.3, -0.25) is 14.7 Å². The molecule has 13 heteroatoms. The number of hydrogen-bond acceptors (Lipinski definition) is 8. The van der Waals surface area contributed by atoms with Crippen molar-refractivity contribution in [2.24, 2.45) is 5.73 Å². The zero-order chi connectivity index (χ0) is 36.6. The fourth-order valence-electron chi connectivity index (χ4n) is 6.16. The van der Waals surface area contributed by atoms with Gasteiger partial charge in [0.25, 0.3) is 0 Å². The molecule has 2 amide bonds. The zero-order valence-corrected chi connectivity index (χ0v) is 28.3. The first-order valence-electron chi connectivity index (χ1n) is 16.9. The van der Waals surface area contributed by atoms with Gasteiger partial charge in [-0.15, -0.1) is 0 Å². The number of nitrogens with two attached hydrogens (primary N) is 1. The number of rotatable bonds is 12. The van der Waals surface area contributed by atoms with Gasteiger partial charge in [-0.25, -0.2) is 18.0 Å². The van der Waals surface area contributed by atoms with Crippen molar-refractivity contribution in [2.75, 3.05) is 31.1 Å². The Balaban J connectivity index is 1.06. The van der Waals surface area contributed by atoms with Crippen LogP contribution in [0.3, 0.4) is 0 Å². The third-order valence-electron chi connectivity index (χ3n) is 8.88. The number of para-hydroxylation sites is 1. The van der Waals surface area contributed by atoms with Crippen LogP contribution < -0.4 is 26.6 Å². The van der Waals surface area contributed by atoms with Gasteiger partial charge in [0.1, 0.15) is 23.2 Å². The first kappa shape index (κ1) is 36.3. The molecule has 0 bridgehead atoms. The lowest BCUT2D eigenvalue weighted by molar-refractivity contribution is -0.116. The molecule has 2 aliphatic heterocycles. The Hall–Kier alpha value is -5.50. The van der Waals surface area contributed by atoms with Crippen LogP contribution in [-0.2, 0) is 27.2 Å². The predicted octanol–water partition coefficient (Wildman–Crippen LogP) is 5.64. The van der Waals surface area contributed by atoms with E-state index in [-0.39, 0.29) is 61.4 Å². The number of allylic oxidation sites excluding steroid dienone is 1. The van der Waals surface area contributed by atoms with Crippen LogP contribution in [0.4, 0.5) is 23.7 Å². The summed E-state index contributed by atoms with van der Waals surface area (Å²) in [6, 6.07) is 20.9. The van der Waals surface area contributed by atoms with Crippen LogP contribution in [0.15, 0.2) is 114 Å². The number of carbonyl (C=O) groups is 2. The molecule has 270 valence electrons. The monoisotopic (exact) mass is 712 g/mol. The van der Waals surface area contributed by atoms with Gasteiger partial charge in [-0.2, -0.15) is 0 Å². The molecule has 10 nitrogen and oxygen atoms in total. The van der Waals surface area contributed by atoms with Crippen molar-refractivity contribution >= 4 is 28.6 Å². The van der Waals surface area contributed by atoms with Crippen molar-refractivity contribution in [3.8, 4) is 0 Å². The van der Waals surface area contributed by atoms with E-state index in [1.807, 2.05) is 36.4 Å². The molecule has 5 N–H and O–H groups in total. The van der Waals surface area contributed by atoms with E-state index >= 15 is 4.39 Å². The van der Waals surface area contributed by atoms with Crippen LogP contribution in [0.1, 0.15) is 29.7 Å². The van der Waals surface area contributed by atoms with E-state index in [2.05, 4.69) is 27.5 Å². The van der Waals surface area contributed by atoms with Gasteiger partial charge in [-0.1, -0.05) is 49.0 Å². The second kappa shape index (κ2) is 16.7. The molecular weight excluding hydrogens is 673 g/mol. The number of aromatic nitrogens is 1. The zero-order valence-electron chi connectivity index (χ0n) is 28.3. The number of anilines is 1. The molecule has 4 aromatic rings. The van der Waals surface area contributed by atoms with Crippen LogP contribution in [0.25, 0.3) is 10.9 Å². The van der Waals surface area contributed by atoms with Gasteiger partial charge in [-0.05, 0) is 66.8 Å². The van der Waals surface area contributed by atoms with Gasteiger partial charge in [0, 0.05) is 23.7 Å². The summed E-state index contributed by atoms with van der Waals surface area (Å²) in [5, 5.41) is 9.82. The van der Waals surface area contributed by atoms with E-state index in [4.69, 9.17) is 15.2 Å². The number of hydrogen-bond donors (Lipinski definition) is 4. The number of nitrogens with zero attached hydrogens (tertiary/aromatic N) is 2. The topological polar surface area (TPSA) is 131 Å². The summed E-state index contributed by atoms with van der Waals surface area (Å²) in [6.07, 6.45) is 1.34. The minimum Gasteiger partial charge on any atom is -0.414 e. The van der Waals surface area contributed by atoms with Gasteiger partial charge in [0.05, 0.1) is 61.0 Å². The lowest BCUT2D eigenvalue weighted by Crippen LogP contribution is -2.48.